The van der Waals surface area contributed by atoms with Gasteiger partial charge in [-0.15, -0.1) is 0 Å². The first-order chi connectivity index (χ1) is 10.1. The van der Waals surface area contributed by atoms with Crippen molar-refractivity contribution in [3.8, 4) is 5.75 Å². The van der Waals surface area contributed by atoms with Gasteiger partial charge < -0.3 is 9.15 Å². The predicted octanol–water partition coefficient (Wildman–Crippen LogP) is 4.72. The second kappa shape index (κ2) is 6.93. The minimum Gasteiger partial charge on any atom is -0.462 e. The van der Waals surface area contributed by atoms with Gasteiger partial charge >= 0.3 is 5.97 Å². The lowest BCUT2D eigenvalue weighted by Crippen LogP contribution is -2.06. The maximum Gasteiger partial charge on any atom is 0.336 e. The lowest BCUT2D eigenvalue weighted by atomic mass is 9.98. The topological polar surface area (TPSA) is 39.4 Å². The lowest BCUT2D eigenvalue weighted by molar-refractivity contribution is -0.128. The van der Waals surface area contributed by atoms with Gasteiger partial charge in [0.15, 0.2) is 0 Å². The second-order valence-corrected chi connectivity index (χ2v) is 5.05. The fourth-order valence-corrected chi connectivity index (χ4v) is 2.04. The van der Waals surface area contributed by atoms with Gasteiger partial charge in [0.25, 0.3) is 0 Å². The van der Waals surface area contributed by atoms with Crippen LogP contribution >= 0.6 is 0 Å². The molecule has 0 aliphatic heterocycles. The van der Waals surface area contributed by atoms with Crippen LogP contribution in [0.3, 0.4) is 0 Å². The van der Waals surface area contributed by atoms with Crippen LogP contribution in [0.25, 0.3) is 6.08 Å². The molecule has 2 rings (SSSR count). The van der Waals surface area contributed by atoms with E-state index >= 15 is 0 Å². The number of aryl methyl sites for hydroxylation is 1. The highest BCUT2D eigenvalue weighted by atomic mass is 16.5. The fourth-order valence-electron chi connectivity index (χ4n) is 2.04. The van der Waals surface area contributed by atoms with Gasteiger partial charge in [0.2, 0.25) is 0 Å². The number of benzene rings is 1. The van der Waals surface area contributed by atoms with Crippen LogP contribution in [0.15, 0.2) is 46.9 Å². The third kappa shape index (κ3) is 4.09. The van der Waals surface area contributed by atoms with Crippen molar-refractivity contribution in [2.75, 3.05) is 0 Å². The predicted molar refractivity (Wildman–Crippen MR) is 83.3 cm³/mol. The van der Waals surface area contributed by atoms with E-state index in [-0.39, 0.29) is 0 Å². The number of ether oxygens (including phenoxy) is 1. The first kappa shape index (κ1) is 15.1. The molecule has 0 bridgehead atoms. The van der Waals surface area contributed by atoms with Crippen LogP contribution < -0.4 is 4.74 Å². The number of hydrogen-bond donors (Lipinski definition) is 0. The third-order valence-electron chi connectivity index (χ3n) is 3.42. The molecule has 110 valence electrons. The molecule has 21 heavy (non-hydrogen) atoms. The van der Waals surface area contributed by atoms with Crippen LogP contribution in [0.4, 0.5) is 0 Å². The summed E-state index contributed by atoms with van der Waals surface area (Å²) in [5, 5.41) is 0. The van der Waals surface area contributed by atoms with Crippen LogP contribution in [0.1, 0.15) is 43.3 Å². The summed E-state index contributed by atoms with van der Waals surface area (Å²) in [4.78, 5) is 11.9. The van der Waals surface area contributed by atoms with Gasteiger partial charge in [0, 0.05) is 6.08 Å². The largest absolute Gasteiger partial charge is 0.462 e. The van der Waals surface area contributed by atoms with E-state index in [0.717, 1.165) is 17.7 Å². The molecule has 0 aliphatic rings. The summed E-state index contributed by atoms with van der Waals surface area (Å²) in [6.07, 6.45) is 3.99. The normalized spacial score (nSPS) is 12.5. The molecule has 0 radical (unpaired) electrons. The van der Waals surface area contributed by atoms with E-state index in [1.54, 1.807) is 6.08 Å². The average Bonchev–Trinajstić information content (AvgIpc) is 2.90. The molecule has 1 aromatic carbocycles. The zero-order valence-electron chi connectivity index (χ0n) is 12.6. The number of hydrogen-bond acceptors (Lipinski definition) is 3. The molecule has 0 saturated carbocycles. The highest BCUT2D eigenvalue weighted by Crippen LogP contribution is 2.28. The fraction of sp³-hybridized carbons (Fsp3) is 0.278. The smallest absolute Gasteiger partial charge is 0.336 e. The molecule has 1 atom stereocenters. The van der Waals surface area contributed by atoms with Crippen molar-refractivity contribution in [3.63, 3.8) is 0 Å². The Morgan fingerprint density at radius 1 is 1.29 bits per heavy atom. The zero-order valence-corrected chi connectivity index (χ0v) is 12.6. The first-order valence-corrected chi connectivity index (χ1v) is 7.15. The van der Waals surface area contributed by atoms with Gasteiger partial charge in [-0.1, -0.05) is 32.0 Å². The number of esters is 1. The number of furan rings is 1. The van der Waals surface area contributed by atoms with Gasteiger partial charge in [-0.2, -0.15) is 0 Å². The number of carbonyl (C=O) groups excluding carboxylic acids is 1. The third-order valence-corrected chi connectivity index (χ3v) is 3.42. The van der Waals surface area contributed by atoms with Crippen LogP contribution in [-0.2, 0) is 4.79 Å². The minimum atomic E-state index is -0.403. The van der Waals surface area contributed by atoms with Crippen LogP contribution in [0, 0.1) is 6.92 Å². The Bertz CT molecular complexity index is 637. The first-order valence-electron chi connectivity index (χ1n) is 7.15. The SMILES string of the molecule is CCC(C)c1ccccc1OC(=O)/C=C/c1ccc(C)o1. The van der Waals surface area contributed by atoms with E-state index in [0.29, 0.717) is 17.4 Å². The molecule has 0 fully saturated rings. The van der Waals surface area contributed by atoms with Gasteiger partial charge in [0.1, 0.15) is 17.3 Å². The molecule has 0 aliphatic carbocycles. The molecule has 0 amide bonds. The van der Waals surface area contributed by atoms with Crippen molar-refractivity contribution in [1.29, 1.82) is 0 Å². The summed E-state index contributed by atoms with van der Waals surface area (Å²) in [5.41, 5.74) is 1.05. The highest BCUT2D eigenvalue weighted by Gasteiger charge is 2.11. The molecule has 3 heteroatoms. The summed E-state index contributed by atoms with van der Waals surface area (Å²) in [6.45, 7) is 6.09. The van der Waals surface area contributed by atoms with Crippen molar-refractivity contribution in [2.24, 2.45) is 0 Å². The molecule has 0 N–H and O–H groups in total. The summed E-state index contributed by atoms with van der Waals surface area (Å²) in [5.74, 6) is 2.02. The number of para-hydroxylation sites is 1. The lowest BCUT2D eigenvalue weighted by Gasteiger charge is -2.13. The highest BCUT2D eigenvalue weighted by molar-refractivity contribution is 5.88. The minimum absolute atomic E-state index is 0.353. The van der Waals surface area contributed by atoms with Crippen molar-refractivity contribution in [2.45, 2.75) is 33.1 Å². The molecule has 3 nitrogen and oxygen atoms in total. The Hall–Kier alpha value is -2.29. The van der Waals surface area contributed by atoms with Crippen LogP contribution in [-0.4, -0.2) is 5.97 Å². The van der Waals surface area contributed by atoms with Gasteiger partial charge in [0.05, 0.1) is 0 Å². The van der Waals surface area contributed by atoms with Gasteiger partial charge in [-0.3, -0.25) is 0 Å². The quantitative estimate of drug-likeness (QED) is 0.453. The average molecular weight is 284 g/mol. The Morgan fingerprint density at radius 3 is 2.71 bits per heavy atom. The van der Waals surface area contributed by atoms with Crippen molar-refractivity contribution in [3.05, 3.63) is 59.6 Å². The van der Waals surface area contributed by atoms with Crippen molar-refractivity contribution < 1.29 is 13.9 Å². The molecule has 0 saturated heterocycles. The maximum absolute atomic E-state index is 11.9. The standard InChI is InChI=1S/C18H20O3/c1-4-13(2)16-7-5-6-8-17(16)21-18(19)12-11-15-10-9-14(3)20-15/h5-13H,4H2,1-3H3/b12-11+. The molecule has 1 heterocycles. The van der Waals surface area contributed by atoms with E-state index in [9.17, 15) is 4.79 Å². The molecule has 1 unspecified atom stereocenters. The Balaban J connectivity index is 2.08. The molecule has 1 aromatic heterocycles. The van der Waals surface area contributed by atoms with E-state index in [1.807, 2.05) is 43.3 Å². The summed E-state index contributed by atoms with van der Waals surface area (Å²) in [6, 6.07) is 11.3. The van der Waals surface area contributed by atoms with E-state index in [4.69, 9.17) is 9.15 Å². The van der Waals surface area contributed by atoms with Gasteiger partial charge in [-0.25, -0.2) is 4.79 Å². The van der Waals surface area contributed by atoms with Crippen LogP contribution in [0.5, 0.6) is 5.75 Å². The molecular formula is C18H20O3. The molecule has 0 spiro atoms. The van der Waals surface area contributed by atoms with Gasteiger partial charge in [-0.05, 0) is 49.1 Å². The van der Waals surface area contributed by atoms with Crippen molar-refractivity contribution in [1.82, 2.24) is 0 Å². The maximum atomic E-state index is 11.9. The van der Waals surface area contributed by atoms with E-state index < -0.39 is 5.97 Å². The second-order valence-electron chi connectivity index (χ2n) is 5.05. The van der Waals surface area contributed by atoms with Crippen molar-refractivity contribution >= 4 is 12.0 Å². The molecular weight excluding hydrogens is 264 g/mol. The number of carbonyl (C=O) groups is 1. The Morgan fingerprint density at radius 2 is 2.05 bits per heavy atom. The summed E-state index contributed by atoms with van der Waals surface area (Å²) < 4.78 is 10.8. The van der Waals surface area contributed by atoms with E-state index in [1.165, 1.54) is 6.08 Å². The number of rotatable bonds is 5. The van der Waals surface area contributed by atoms with E-state index in [2.05, 4.69) is 13.8 Å². The molecule has 2 aromatic rings. The Kier molecular flexibility index (Phi) is 4.99. The summed E-state index contributed by atoms with van der Waals surface area (Å²) >= 11 is 0. The van der Waals surface area contributed by atoms with Crippen LogP contribution in [0.2, 0.25) is 0 Å². The zero-order chi connectivity index (χ0) is 15.2. The Labute approximate surface area is 125 Å². The summed E-state index contributed by atoms with van der Waals surface area (Å²) in [7, 11) is 0. The monoisotopic (exact) mass is 284 g/mol.